The second-order valence-corrected chi connectivity index (χ2v) is 4.85. The molecule has 3 heteroatoms. The van der Waals surface area contributed by atoms with Gasteiger partial charge < -0.3 is 10.1 Å². The van der Waals surface area contributed by atoms with E-state index in [0.29, 0.717) is 0 Å². The molecule has 0 spiro atoms. The molecule has 0 fully saturated rings. The fraction of sp³-hybridized carbons (Fsp3) is 0.500. The summed E-state index contributed by atoms with van der Waals surface area (Å²) in [5.74, 6) is 0.787. The molecule has 0 aliphatic rings. The van der Waals surface area contributed by atoms with Crippen molar-refractivity contribution in [2.75, 3.05) is 5.32 Å². The number of carbonyl (C=O) groups is 1. The van der Waals surface area contributed by atoms with E-state index in [9.17, 15) is 4.79 Å². The Balaban J connectivity index is 2.85. The molecule has 1 amide bonds. The number of rotatable bonds is 4. The second-order valence-electron chi connectivity index (χ2n) is 4.85. The summed E-state index contributed by atoms with van der Waals surface area (Å²) in [6, 6.07) is 5.76. The van der Waals surface area contributed by atoms with Gasteiger partial charge in [0.25, 0.3) is 0 Å². The summed E-state index contributed by atoms with van der Waals surface area (Å²) in [6.07, 6.45) is 0.130. The van der Waals surface area contributed by atoms with Crippen LogP contribution in [0.15, 0.2) is 18.2 Å². The Bertz CT molecular complexity index is 397. The first kappa shape index (κ1) is 13.6. The second kappa shape index (κ2) is 5.71. The van der Waals surface area contributed by atoms with Crippen molar-refractivity contribution in [3.05, 3.63) is 23.8 Å². The molecule has 0 radical (unpaired) electrons. The molecule has 1 aromatic rings. The number of nitrogens with one attached hydrogen (secondary N) is 1. The molecule has 1 rings (SSSR count). The van der Waals surface area contributed by atoms with Gasteiger partial charge in [0, 0.05) is 17.7 Å². The van der Waals surface area contributed by atoms with Crippen LogP contribution in [0, 0.1) is 12.8 Å². The third-order valence-corrected chi connectivity index (χ3v) is 2.21. The smallest absolute Gasteiger partial charge is 0.226 e. The molecule has 0 saturated carbocycles. The van der Waals surface area contributed by atoms with Crippen LogP contribution < -0.4 is 10.1 Å². The van der Waals surface area contributed by atoms with Crippen LogP contribution in [0.3, 0.4) is 0 Å². The predicted molar refractivity (Wildman–Crippen MR) is 70.4 cm³/mol. The number of ether oxygens (including phenoxy) is 1. The zero-order valence-electron chi connectivity index (χ0n) is 11.2. The Morgan fingerprint density at radius 1 is 1.18 bits per heavy atom. The summed E-state index contributed by atoms with van der Waals surface area (Å²) in [4.78, 5) is 11.6. The molecule has 1 N–H and O–H groups in total. The summed E-state index contributed by atoms with van der Waals surface area (Å²) in [5.41, 5.74) is 1.86. The summed E-state index contributed by atoms with van der Waals surface area (Å²) in [7, 11) is 0. The lowest BCUT2D eigenvalue weighted by Gasteiger charge is -2.13. The number of hydrogen-bond donors (Lipinski definition) is 1. The molecule has 0 atom stereocenters. The topological polar surface area (TPSA) is 38.3 Å². The van der Waals surface area contributed by atoms with Gasteiger partial charge in [-0.1, -0.05) is 13.8 Å². The van der Waals surface area contributed by atoms with Gasteiger partial charge in [-0.3, -0.25) is 4.79 Å². The third-order valence-electron chi connectivity index (χ3n) is 2.21. The minimum absolute atomic E-state index is 0.0195. The van der Waals surface area contributed by atoms with Gasteiger partial charge in [0.05, 0.1) is 6.10 Å². The maximum Gasteiger partial charge on any atom is 0.226 e. The Morgan fingerprint density at radius 2 is 1.82 bits per heavy atom. The van der Waals surface area contributed by atoms with Crippen molar-refractivity contribution in [2.45, 2.75) is 40.7 Å². The molecule has 0 aromatic heterocycles. The molecule has 1 aromatic carbocycles. The fourth-order valence-corrected chi connectivity index (χ4v) is 1.45. The Hall–Kier alpha value is -1.51. The average molecular weight is 235 g/mol. The van der Waals surface area contributed by atoms with Crippen LogP contribution in [0.4, 0.5) is 5.69 Å². The van der Waals surface area contributed by atoms with Crippen LogP contribution in [0.25, 0.3) is 0 Å². The van der Waals surface area contributed by atoms with Gasteiger partial charge in [0.1, 0.15) is 5.75 Å². The summed E-state index contributed by atoms with van der Waals surface area (Å²) < 4.78 is 5.63. The van der Waals surface area contributed by atoms with E-state index in [1.165, 1.54) is 0 Å². The lowest BCUT2D eigenvalue weighted by atomic mass is 10.1. The minimum atomic E-state index is -0.0232. The van der Waals surface area contributed by atoms with E-state index in [0.717, 1.165) is 17.0 Å². The molecule has 3 nitrogen and oxygen atoms in total. The van der Waals surface area contributed by atoms with E-state index in [-0.39, 0.29) is 17.9 Å². The van der Waals surface area contributed by atoms with Crippen molar-refractivity contribution >= 4 is 11.6 Å². The van der Waals surface area contributed by atoms with Crippen LogP contribution in [0.2, 0.25) is 0 Å². The van der Waals surface area contributed by atoms with Gasteiger partial charge in [-0.25, -0.2) is 0 Å². The van der Waals surface area contributed by atoms with Crippen LogP contribution >= 0.6 is 0 Å². The van der Waals surface area contributed by atoms with Crippen LogP contribution in [-0.2, 0) is 4.79 Å². The predicted octanol–water partition coefficient (Wildman–Crippen LogP) is 3.38. The molecule has 0 saturated heterocycles. The zero-order chi connectivity index (χ0) is 13.0. The lowest BCUT2D eigenvalue weighted by molar-refractivity contribution is -0.118. The number of aryl methyl sites for hydroxylation is 1. The first-order valence-electron chi connectivity index (χ1n) is 5.97. The van der Waals surface area contributed by atoms with E-state index in [4.69, 9.17) is 4.74 Å². The van der Waals surface area contributed by atoms with E-state index < -0.39 is 0 Å². The standard InChI is InChI=1S/C14H21NO2/c1-9(2)14(16)15-12-6-11(5)7-13(8-12)17-10(3)4/h6-10H,1-5H3,(H,15,16). The molecule has 17 heavy (non-hydrogen) atoms. The molecule has 0 unspecified atom stereocenters. The van der Waals surface area contributed by atoms with Crippen molar-refractivity contribution in [2.24, 2.45) is 5.92 Å². The highest BCUT2D eigenvalue weighted by Gasteiger charge is 2.08. The maximum absolute atomic E-state index is 11.6. The highest BCUT2D eigenvalue weighted by molar-refractivity contribution is 5.92. The number of amides is 1. The Morgan fingerprint density at radius 3 is 2.35 bits per heavy atom. The van der Waals surface area contributed by atoms with Crippen molar-refractivity contribution in [3.63, 3.8) is 0 Å². The van der Waals surface area contributed by atoms with Crippen LogP contribution in [0.5, 0.6) is 5.75 Å². The van der Waals surface area contributed by atoms with E-state index in [1.807, 2.05) is 52.8 Å². The van der Waals surface area contributed by atoms with Crippen molar-refractivity contribution < 1.29 is 9.53 Å². The Kier molecular flexibility index (Phi) is 4.55. The summed E-state index contributed by atoms with van der Waals surface area (Å²) >= 11 is 0. The number of anilines is 1. The first-order valence-corrected chi connectivity index (χ1v) is 5.97. The summed E-state index contributed by atoms with van der Waals surface area (Å²) in [5, 5.41) is 2.88. The highest BCUT2D eigenvalue weighted by atomic mass is 16.5. The molecular weight excluding hydrogens is 214 g/mol. The first-order chi connectivity index (χ1) is 7.88. The lowest BCUT2D eigenvalue weighted by Crippen LogP contribution is -2.18. The number of benzene rings is 1. The normalized spacial score (nSPS) is 10.8. The van der Waals surface area contributed by atoms with Gasteiger partial charge in [-0.2, -0.15) is 0 Å². The van der Waals surface area contributed by atoms with Crippen molar-refractivity contribution in [1.82, 2.24) is 0 Å². The van der Waals surface area contributed by atoms with Gasteiger partial charge in [0.2, 0.25) is 5.91 Å². The van der Waals surface area contributed by atoms with Gasteiger partial charge in [-0.05, 0) is 38.5 Å². The van der Waals surface area contributed by atoms with Gasteiger partial charge >= 0.3 is 0 Å². The molecule has 0 heterocycles. The molecule has 0 aliphatic carbocycles. The molecule has 0 bridgehead atoms. The van der Waals surface area contributed by atoms with Crippen LogP contribution in [0.1, 0.15) is 33.3 Å². The number of carbonyl (C=O) groups excluding carboxylic acids is 1. The SMILES string of the molecule is Cc1cc(NC(=O)C(C)C)cc(OC(C)C)c1. The molecule has 0 aliphatic heterocycles. The van der Waals surface area contributed by atoms with Crippen molar-refractivity contribution in [1.29, 1.82) is 0 Å². The van der Waals surface area contributed by atoms with E-state index in [2.05, 4.69) is 5.32 Å². The number of hydrogen-bond acceptors (Lipinski definition) is 2. The van der Waals surface area contributed by atoms with Crippen LogP contribution in [-0.4, -0.2) is 12.0 Å². The summed E-state index contributed by atoms with van der Waals surface area (Å²) in [6.45, 7) is 9.69. The van der Waals surface area contributed by atoms with E-state index in [1.54, 1.807) is 0 Å². The van der Waals surface area contributed by atoms with Gasteiger partial charge in [0.15, 0.2) is 0 Å². The molecule has 94 valence electrons. The largest absolute Gasteiger partial charge is 0.491 e. The minimum Gasteiger partial charge on any atom is -0.491 e. The average Bonchev–Trinajstić information content (AvgIpc) is 2.14. The zero-order valence-corrected chi connectivity index (χ0v) is 11.2. The quantitative estimate of drug-likeness (QED) is 0.868. The van der Waals surface area contributed by atoms with E-state index >= 15 is 0 Å². The maximum atomic E-state index is 11.6. The van der Waals surface area contributed by atoms with Gasteiger partial charge in [-0.15, -0.1) is 0 Å². The molecular formula is C14H21NO2. The Labute approximate surface area is 103 Å². The third kappa shape index (κ3) is 4.47. The highest BCUT2D eigenvalue weighted by Crippen LogP contribution is 2.22. The monoisotopic (exact) mass is 235 g/mol. The van der Waals surface area contributed by atoms with Crippen molar-refractivity contribution in [3.8, 4) is 5.75 Å². The fourth-order valence-electron chi connectivity index (χ4n) is 1.45.